The predicted molar refractivity (Wildman–Crippen MR) is 114 cm³/mol. The summed E-state index contributed by atoms with van der Waals surface area (Å²) in [5.74, 6) is 1.08. The third-order valence-corrected chi connectivity index (χ3v) is 3.83. The number of rotatable bonds is 6. The Morgan fingerprint density at radius 1 is 1.24 bits per heavy atom. The van der Waals surface area contributed by atoms with Gasteiger partial charge in [0.15, 0.2) is 11.7 Å². The first kappa shape index (κ1) is 22.1. The number of nitrogens with zero attached hydrogens (tertiary/aromatic N) is 3. The summed E-state index contributed by atoms with van der Waals surface area (Å²) in [6.07, 6.45) is 3.74. The molecule has 6 nitrogen and oxygen atoms in total. The van der Waals surface area contributed by atoms with Gasteiger partial charge in [-0.2, -0.15) is 5.10 Å². The fraction of sp³-hybridized carbons (Fsp3) is 0.333. The summed E-state index contributed by atoms with van der Waals surface area (Å²) < 4.78 is 7.35. The molecule has 1 aromatic carbocycles. The van der Waals surface area contributed by atoms with Gasteiger partial charge in [0.05, 0.1) is 22.8 Å². The number of nitrogens with one attached hydrogen (secondary N) is 2. The van der Waals surface area contributed by atoms with Crippen molar-refractivity contribution in [2.45, 2.75) is 6.54 Å². The van der Waals surface area contributed by atoms with Crippen LogP contribution in [0, 0.1) is 0 Å². The molecule has 0 aliphatic rings. The minimum absolute atomic E-state index is 0. The van der Waals surface area contributed by atoms with E-state index in [0.29, 0.717) is 46.5 Å². The molecule has 10 heteroatoms. The minimum Gasteiger partial charge on any atom is -0.489 e. The molecule has 0 aliphatic heterocycles. The Morgan fingerprint density at radius 3 is 2.48 bits per heavy atom. The second-order valence-corrected chi connectivity index (χ2v) is 6.17. The van der Waals surface area contributed by atoms with Crippen molar-refractivity contribution >= 4 is 64.7 Å². The standard InChI is InChI=1S/C15H18Cl3N5O.HI/c1-19-15(21-7-10-8-22-23(2)9-10)20-3-4-24-14-12(17)5-11(16)6-13(14)18;/h5-6,8-9H,3-4,7H2,1-2H3,(H2,19,20,21);1H. The Morgan fingerprint density at radius 2 is 1.92 bits per heavy atom. The van der Waals surface area contributed by atoms with E-state index in [0.717, 1.165) is 5.56 Å². The second-order valence-electron chi connectivity index (χ2n) is 4.92. The summed E-state index contributed by atoms with van der Waals surface area (Å²) in [4.78, 5) is 4.14. The first-order valence-corrected chi connectivity index (χ1v) is 8.32. The molecular formula is C15H19Cl3IN5O. The zero-order valence-corrected chi connectivity index (χ0v) is 18.3. The quantitative estimate of drug-likeness (QED) is 0.265. The molecule has 0 saturated heterocycles. The monoisotopic (exact) mass is 517 g/mol. The highest BCUT2D eigenvalue weighted by Crippen LogP contribution is 2.35. The fourth-order valence-electron chi connectivity index (χ4n) is 1.96. The van der Waals surface area contributed by atoms with Gasteiger partial charge in [-0.3, -0.25) is 9.67 Å². The van der Waals surface area contributed by atoms with Crippen LogP contribution in [-0.4, -0.2) is 35.9 Å². The minimum atomic E-state index is 0. The molecule has 25 heavy (non-hydrogen) atoms. The molecule has 0 amide bonds. The highest BCUT2D eigenvalue weighted by molar-refractivity contribution is 14.0. The third-order valence-electron chi connectivity index (χ3n) is 3.05. The van der Waals surface area contributed by atoms with Crippen molar-refractivity contribution in [1.82, 2.24) is 20.4 Å². The maximum Gasteiger partial charge on any atom is 0.191 e. The van der Waals surface area contributed by atoms with E-state index in [-0.39, 0.29) is 24.0 Å². The number of hydrogen-bond donors (Lipinski definition) is 2. The lowest BCUT2D eigenvalue weighted by Gasteiger charge is -2.13. The Hall–Kier alpha value is -0.900. The van der Waals surface area contributed by atoms with Crippen LogP contribution in [0.2, 0.25) is 15.1 Å². The van der Waals surface area contributed by atoms with Crippen molar-refractivity contribution in [2.75, 3.05) is 20.2 Å². The molecule has 0 radical (unpaired) electrons. The summed E-state index contributed by atoms with van der Waals surface area (Å²) in [6.45, 7) is 1.53. The van der Waals surface area contributed by atoms with E-state index < -0.39 is 0 Å². The number of aryl methyl sites for hydroxylation is 1. The fourth-order valence-corrected chi connectivity index (χ4v) is 2.89. The van der Waals surface area contributed by atoms with Crippen LogP contribution >= 0.6 is 58.8 Å². The highest BCUT2D eigenvalue weighted by atomic mass is 127. The summed E-state index contributed by atoms with van der Waals surface area (Å²) in [5, 5.41) is 11.7. The molecule has 0 saturated carbocycles. The van der Waals surface area contributed by atoms with Gasteiger partial charge >= 0.3 is 0 Å². The van der Waals surface area contributed by atoms with Crippen LogP contribution < -0.4 is 15.4 Å². The largest absolute Gasteiger partial charge is 0.489 e. The Kier molecular flexibility index (Phi) is 9.70. The predicted octanol–water partition coefficient (Wildman–Crippen LogP) is 3.74. The van der Waals surface area contributed by atoms with Gasteiger partial charge in [0.25, 0.3) is 0 Å². The summed E-state index contributed by atoms with van der Waals surface area (Å²) in [5.41, 5.74) is 1.07. The molecule has 2 rings (SSSR count). The van der Waals surface area contributed by atoms with E-state index in [1.807, 2.05) is 13.2 Å². The molecule has 0 bridgehead atoms. The zero-order chi connectivity index (χ0) is 17.5. The van der Waals surface area contributed by atoms with Crippen LogP contribution in [-0.2, 0) is 13.6 Å². The van der Waals surface area contributed by atoms with Gasteiger partial charge in [0, 0.05) is 37.4 Å². The number of hydrogen-bond acceptors (Lipinski definition) is 3. The van der Waals surface area contributed by atoms with E-state index in [9.17, 15) is 0 Å². The zero-order valence-electron chi connectivity index (χ0n) is 13.7. The summed E-state index contributed by atoms with van der Waals surface area (Å²) in [6, 6.07) is 3.18. The van der Waals surface area contributed by atoms with Crippen molar-refractivity contribution in [3.8, 4) is 5.75 Å². The van der Waals surface area contributed by atoms with Gasteiger partial charge in [-0.1, -0.05) is 34.8 Å². The van der Waals surface area contributed by atoms with Gasteiger partial charge in [-0.15, -0.1) is 24.0 Å². The van der Waals surface area contributed by atoms with Crippen LogP contribution in [0.25, 0.3) is 0 Å². The lowest BCUT2D eigenvalue weighted by molar-refractivity contribution is 0.322. The number of ether oxygens (including phenoxy) is 1. The Balaban J connectivity index is 0.00000312. The van der Waals surface area contributed by atoms with Crippen molar-refractivity contribution in [2.24, 2.45) is 12.0 Å². The first-order valence-electron chi connectivity index (χ1n) is 7.19. The topological polar surface area (TPSA) is 63.5 Å². The maximum atomic E-state index is 6.06. The normalized spacial score (nSPS) is 11.0. The first-order chi connectivity index (χ1) is 11.5. The molecule has 1 heterocycles. The van der Waals surface area contributed by atoms with Crippen LogP contribution in [0.4, 0.5) is 0 Å². The number of halogens is 4. The lowest BCUT2D eigenvalue weighted by Crippen LogP contribution is -2.38. The average Bonchev–Trinajstić information content (AvgIpc) is 2.94. The molecule has 0 unspecified atom stereocenters. The molecular weight excluding hydrogens is 499 g/mol. The smallest absolute Gasteiger partial charge is 0.191 e. The molecule has 2 aromatic rings. The Bertz CT molecular complexity index is 700. The van der Waals surface area contributed by atoms with E-state index in [1.165, 1.54) is 0 Å². The highest BCUT2D eigenvalue weighted by Gasteiger charge is 2.09. The molecule has 1 aromatic heterocycles. The summed E-state index contributed by atoms with van der Waals surface area (Å²) >= 11 is 18.0. The van der Waals surface area contributed by atoms with Crippen LogP contribution in [0.3, 0.4) is 0 Å². The van der Waals surface area contributed by atoms with Crippen LogP contribution in [0.5, 0.6) is 5.75 Å². The molecule has 0 aliphatic carbocycles. The van der Waals surface area contributed by atoms with Gasteiger partial charge < -0.3 is 15.4 Å². The maximum absolute atomic E-state index is 6.06. The third kappa shape index (κ3) is 7.08. The van der Waals surface area contributed by atoms with Gasteiger partial charge in [-0.25, -0.2) is 0 Å². The van der Waals surface area contributed by atoms with E-state index in [4.69, 9.17) is 39.5 Å². The van der Waals surface area contributed by atoms with Crippen molar-refractivity contribution in [3.05, 3.63) is 45.2 Å². The Labute approximate surface area is 178 Å². The van der Waals surface area contributed by atoms with Crippen LogP contribution in [0.15, 0.2) is 29.5 Å². The molecule has 0 atom stereocenters. The van der Waals surface area contributed by atoms with Crippen LogP contribution in [0.1, 0.15) is 5.56 Å². The van der Waals surface area contributed by atoms with Gasteiger partial charge in [-0.05, 0) is 12.1 Å². The van der Waals surface area contributed by atoms with E-state index >= 15 is 0 Å². The molecule has 2 N–H and O–H groups in total. The van der Waals surface area contributed by atoms with Gasteiger partial charge in [0.1, 0.15) is 6.61 Å². The second kappa shape index (κ2) is 10.9. The molecule has 138 valence electrons. The summed E-state index contributed by atoms with van der Waals surface area (Å²) in [7, 11) is 3.58. The van der Waals surface area contributed by atoms with Crippen molar-refractivity contribution < 1.29 is 4.74 Å². The van der Waals surface area contributed by atoms with E-state index in [1.54, 1.807) is 30.1 Å². The lowest BCUT2D eigenvalue weighted by atomic mass is 10.3. The van der Waals surface area contributed by atoms with Crippen molar-refractivity contribution in [3.63, 3.8) is 0 Å². The van der Waals surface area contributed by atoms with E-state index in [2.05, 4.69) is 20.7 Å². The molecule has 0 fully saturated rings. The van der Waals surface area contributed by atoms with Crippen molar-refractivity contribution in [1.29, 1.82) is 0 Å². The SMILES string of the molecule is CN=C(NCCOc1c(Cl)cc(Cl)cc1Cl)NCc1cnn(C)c1.I. The number of aliphatic imine (C=N–C) groups is 1. The number of aromatic nitrogens is 2. The van der Waals surface area contributed by atoms with Gasteiger partial charge in [0.2, 0.25) is 0 Å². The average molecular weight is 519 g/mol. The number of guanidine groups is 1. The number of benzene rings is 1. The molecule has 0 spiro atoms.